The molecule has 1 fully saturated rings. The molecule has 1 N–H and O–H groups in total. The Morgan fingerprint density at radius 1 is 0.969 bits per heavy atom. The highest BCUT2D eigenvalue weighted by atomic mass is 19.4. The summed E-state index contributed by atoms with van der Waals surface area (Å²) in [6.07, 6.45) is -2.68. The van der Waals surface area contributed by atoms with Crippen LogP contribution in [0.3, 0.4) is 0 Å². The zero-order valence-corrected chi connectivity index (χ0v) is 17.4. The average molecular weight is 445 g/mol. The molecule has 0 saturated carbocycles. The summed E-state index contributed by atoms with van der Waals surface area (Å²) in [7, 11) is 0. The van der Waals surface area contributed by atoms with Crippen LogP contribution in [0, 0.1) is 0 Å². The van der Waals surface area contributed by atoms with Gasteiger partial charge in [-0.2, -0.15) is 28.1 Å². The minimum Gasteiger partial charge on any atom is -0.464 e. The van der Waals surface area contributed by atoms with Crippen molar-refractivity contribution in [1.29, 1.82) is 0 Å². The molecule has 1 aromatic carbocycles. The number of hydrogen-bond donors (Lipinski definition) is 1. The molecule has 0 amide bonds. The number of halogens is 3. The summed E-state index contributed by atoms with van der Waals surface area (Å²) in [5.74, 6) is 1.42. The number of piperazine rings is 1. The smallest absolute Gasteiger partial charge is 0.416 e. The topological polar surface area (TPSA) is 79.3 Å². The van der Waals surface area contributed by atoms with Crippen LogP contribution in [0.1, 0.15) is 12.5 Å². The second kappa shape index (κ2) is 9.25. The second-order valence-corrected chi connectivity index (χ2v) is 7.04. The van der Waals surface area contributed by atoms with Crippen LogP contribution in [0.25, 0.3) is 0 Å². The number of hydrogen-bond acceptors (Lipinski definition) is 8. The van der Waals surface area contributed by atoms with Crippen molar-refractivity contribution >= 4 is 23.4 Å². The Hall–Kier alpha value is -3.63. The van der Waals surface area contributed by atoms with Crippen molar-refractivity contribution in [1.82, 2.24) is 19.9 Å². The van der Waals surface area contributed by atoms with E-state index in [4.69, 9.17) is 4.74 Å². The van der Waals surface area contributed by atoms with E-state index in [1.54, 1.807) is 13.1 Å². The predicted octanol–water partition coefficient (Wildman–Crippen LogP) is 3.75. The predicted molar refractivity (Wildman–Crippen MR) is 114 cm³/mol. The van der Waals surface area contributed by atoms with Gasteiger partial charge in [0.1, 0.15) is 5.82 Å². The lowest BCUT2D eigenvalue weighted by Gasteiger charge is -2.35. The third kappa shape index (κ3) is 5.16. The van der Waals surface area contributed by atoms with Crippen LogP contribution in [0.15, 0.2) is 48.7 Å². The Morgan fingerprint density at radius 3 is 2.44 bits per heavy atom. The molecule has 2 aromatic heterocycles. The van der Waals surface area contributed by atoms with Gasteiger partial charge in [-0.3, -0.25) is 0 Å². The number of ether oxygens (including phenoxy) is 1. The van der Waals surface area contributed by atoms with Crippen molar-refractivity contribution < 1.29 is 17.9 Å². The first kappa shape index (κ1) is 21.6. The van der Waals surface area contributed by atoms with E-state index in [0.717, 1.165) is 31.0 Å². The van der Waals surface area contributed by atoms with Gasteiger partial charge in [-0.05, 0) is 37.3 Å². The summed E-state index contributed by atoms with van der Waals surface area (Å²) < 4.78 is 44.5. The maximum Gasteiger partial charge on any atom is 0.416 e. The van der Waals surface area contributed by atoms with Crippen LogP contribution in [0.2, 0.25) is 0 Å². The first-order valence-corrected chi connectivity index (χ1v) is 10.2. The van der Waals surface area contributed by atoms with Crippen molar-refractivity contribution in [2.75, 3.05) is 47.9 Å². The first-order valence-electron chi connectivity index (χ1n) is 10.2. The molecule has 4 rings (SSSR count). The highest BCUT2D eigenvalue weighted by molar-refractivity contribution is 5.56. The molecule has 1 aliphatic heterocycles. The molecule has 8 nitrogen and oxygen atoms in total. The molecular weight excluding hydrogens is 423 g/mol. The summed E-state index contributed by atoms with van der Waals surface area (Å²) in [6, 6.07) is 10.8. The maximum atomic E-state index is 13.0. The number of benzene rings is 1. The highest BCUT2D eigenvalue weighted by Gasteiger charge is 2.30. The van der Waals surface area contributed by atoms with Gasteiger partial charge in [-0.15, -0.1) is 0 Å². The van der Waals surface area contributed by atoms with Crippen molar-refractivity contribution in [2.24, 2.45) is 0 Å². The van der Waals surface area contributed by atoms with Crippen LogP contribution >= 0.6 is 0 Å². The van der Waals surface area contributed by atoms with Gasteiger partial charge in [0, 0.05) is 38.1 Å². The molecular formula is C21H22F3N7O. The quantitative estimate of drug-likeness (QED) is 0.615. The molecule has 32 heavy (non-hydrogen) atoms. The van der Waals surface area contributed by atoms with Crippen molar-refractivity contribution in [2.45, 2.75) is 13.1 Å². The van der Waals surface area contributed by atoms with E-state index in [0.29, 0.717) is 25.6 Å². The normalized spacial score (nSPS) is 14.4. The SMILES string of the molecule is CCOc1nc(Nc2cccc(C(F)(F)F)c2)nc(N2CCN(c3ccccn3)CC2)n1. The van der Waals surface area contributed by atoms with Crippen LogP contribution in [0.5, 0.6) is 6.01 Å². The lowest BCUT2D eigenvalue weighted by atomic mass is 10.2. The number of pyridine rings is 1. The Balaban J connectivity index is 1.52. The van der Waals surface area contributed by atoms with E-state index in [9.17, 15) is 13.2 Å². The zero-order valence-electron chi connectivity index (χ0n) is 17.4. The van der Waals surface area contributed by atoms with E-state index >= 15 is 0 Å². The number of nitrogens with zero attached hydrogens (tertiary/aromatic N) is 6. The Bertz CT molecular complexity index is 1040. The van der Waals surface area contributed by atoms with Gasteiger partial charge in [-0.25, -0.2) is 4.98 Å². The van der Waals surface area contributed by atoms with Crippen LogP contribution in [0.4, 0.5) is 36.6 Å². The molecule has 3 aromatic rings. The summed E-state index contributed by atoms with van der Waals surface area (Å²) in [6.45, 7) is 4.89. The lowest BCUT2D eigenvalue weighted by Crippen LogP contribution is -2.47. The van der Waals surface area contributed by atoms with Gasteiger partial charge in [0.05, 0.1) is 12.2 Å². The van der Waals surface area contributed by atoms with Gasteiger partial charge >= 0.3 is 12.2 Å². The third-order valence-electron chi connectivity index (χ3n) is 4.86. The van der Waals surface area contributed by atoms with Crippen LogP contribution in [-0.2, 0) is 6.18 Å². The minimum absolute atomic E-state index is 0.110. The van der Waals surface area contributed by atoms with Gasteiger partial charge in [0.15, 0.2) is 0 Å². The summed E-state index contributed by atoms with van der Waals surface area (Å²) in [5.41, 5.74) is -0.535. The molecule has 0 aliphatic carbocycles. The number of anilines is 4. The van der Waals surface area contributed by atoms with Gasteiger partial charge in [0.25, 0.3) is 0 Å². The number of aromatic nitrogens is 4. The molecule has 0 radical (unpaired) electrons. The van der Waals surface area contributed by atoms with E-state index in [2.05, 4.69) is 30.2 Å². The highest BCUT2D eigenvalue weighted by Crippen LogP contribution is 2.31. The van der Waals surface area contributed by atoms with Crippen molar-refractivity contribution in [3.8, 4) is 6.01 Å². The second-order valence-electron chi connectivity index (χ2n) is 7.04. The standard InChI is InChI=1S/C21H22F3N7O/c1-2-32-20-28-18(26-16-7-5-6-15(14-16)21(22,23)24)27-19(29-20)31-12-10-30(11-13-31)17-8-3-4-9-25-17/h3-9,14H,2,10-13H2,1H3,(H,26,27,28,29). The van der Waals surface area contributed by atoms with Gasteiger partial charge in [-0.1, -0.05) is 12.1 Å². The van der Waals surface area contributed by atoms with Crippen LogP contribution < -0.4 is 19.9 Å². The average Bonchev–Trinajstić information content (AvgIpc) is 2.79. The number of alkyl halides is 3. The number of nitrogens with one attached hydrogen (secondary N) is 1. The fourth-order valence-corrected chi connectivity index (χ4v) is 3.32. The monoisotopic (exact) mass is 445 g/mol. The molecule has 168 valence electrons. The van der Waals surface area contributed by atoms with Gasteiger partial charge in [0.2, 0.25) is 11.9 Å². The molecule has 11 heteroatoms. The third-order valence-corrected chi connectivity index (χ3v) is 4.86. The van der Waals surface area contributed by atoms with E-state index in [1.165, 1.54) is 12.1 Å². The fourth-order valence-electron chi connectivity index (χ4n) is 3.32. The zero-order chi connectivity index (χ0) is 22.6. The first-order chi connectivity index (χ1) is 15.4. The summed E-state index contributed by atoms with van der Waals surface area (Å²) in [4.78, 5) is 21.5. The van der Waals surface area contributed by atoms with E-state index in [1.807, 2.05) is 23.1 Å². The van der Waals surface area contributed by atoms with Crippen LogP contribution in [-0.4, -0.2) is 52.7 Å². The molecule has 0 spiro atoms. The molecule has 0 unspecified atom stereocenters. The summed E-state index contributed by atoms with van der Waals surface area (Å²) in [5, 5.41) is 2.84. The van der Waals surface area contributed by atoms with Crippen molar-refractivity contribution in [3.05, 3.63) is 54.2 Å². The Labute approximate surface area is 183 Å². The molecule has 0 bridgehead atoms. The fraction of sp³-hybridized carbons (Fsp3) is 0.333. The largest absolute Gasteiger partial charge is 0.464 e. The Morgan fingerprint density at radius 2 is 1.75 bits per heavy atom. The van der Waals surface area contributed by atoms with Crippen molar-refractivity contribution in [3.63, 3.8) is 0 Å². The minimum atomic E-state index is -4.44. The summed E-state index contributed by atoms with van der Waals surface area (Å²) >= 11 is 0. The Kier molecular flexibility index (Phi) is 6.24. The molecule has 1 aliphatic rings. The van der Waals surface area contributed by atoms with Gasteiger partial charge < -0.3 is 19.9 Å². The van der Waals surface area contributed by atoms with E-state index < -0.39 is 11.7 Å². The molecule has 3 heterocycles. The molecule has 1 saturated heterocycles. The number of rotatable bonds is 6. The molecule has 0 atom stereocenters. The maximum absolute atomic E-state index is 13.0. The lowest BCUT2D eigenvalue weighted by molar-refractivity contribution is -0.137. The van der Waals surface area contributed by atoms with E-state index in [-0.39, 0.29) is 17.6 Å².